The first-order valence-electron chi connectivity index (χ1n) is 10.7. The Balaban J connectivity index is 0.000000329. The van der Waals surface area contributed by atoms with Crippen LogP contribution >= 0.6 is 0 Å². The van der Waals surface area contributed by atoms with Gasteiger partial charge in [0.05, 0.1) is 16.9 Å². The molecule has 0 fully saturated rings. The third kappa shape index (κ3) is 7.14. The minimum atomic E-state index is -4.46. The van der Waals surface area contributed by atoms with Crippen LogP contribution < -0.4 is 16.8 Å². The molecule has 5 N–H and O–H groups in total. The molecule has 0 unspecified atom stereocenters. The van der Waals surface area contributed by atoms with E-state index in [1.165, 1.54) is 25.2 Å². The van der Waals surface area contributed by atoms with E-state index in [1.54, 1.807) is 19.1 Å². The van der Waals surface area contributed by atoms with Crippen molar-refractivity contribution in [1.29, 1.82) is 0 Å². The summed E-state index contributed by atoms with van der Waals surface area (Å²) >= 11 is 0. The highest BCUT2D eigenvalue weighted by atomic mass is 19.4. The highest BCUT2D eigenvalue weighted by Crippen LogP contribution is 2.31. The molecular weight excluding hydrogens is 465 g/mol. The maximum absolute atomic E-state index is 12.8. The van der Waals surface area contributed by atoms with Crippen molar-refractivity contribution in [2.45, 2.75) is 19.5 Å². The van der Waals surface area contributed by atoms with Gasteiger partial charge in [-0.3, -0.25) is 4.99 Å². The highest BCUT2D eigenvalue weighted by molar-refractivity contribution is 6.12. The number of aromatic nitrogens is 1. The number of aryl methyl sites for hydroxylation is 1. The number of benzene rings is 2. The zero-order chi connectivity index (χ0) is 26.2. The number of alkyl halides is 3. The Hall–Kier alpha value is -3.21. The van der Waals surface area contributed by atoms with Gasteiger partial charge in [0.1, 0.15) is 17.3 Å². The number of hydrogen-bond acceptors (Lipinski definition) is 5. The topological polar surface area (TPSA) is 89.3 Å². The number of rotatable bonds is 4. The summed E-state index contributed by atoms with van der Waals surface area (Å²) in [4.78, 5) is 8.37. The molecule has 1 aliphatic rings. The third-order valence-electron chi connectivity index (χ3n) is 5.12. The molecule has 4 rings (SSSR count). The summed E-state index contributed by atoms with van der Waals surface area (Å²) in [6.45, 7) is 2.61. The molecule has 0 bridgehead atoms. The summed E-state index contributed by atoms with van der Waals surface area (Å²) in [7, 11) is 3.33. The second kappa shape index (κ2) is 12.5. The number of pyridine rings is 1. The molecule has 2 heterocycles. The predicted molar refractivity (Wildman–Crippen MR) is 129 cm³/mol. The predicted octanol–water partition coefficient (Wildman–Crippen LogP) is 4.73. The van der Waals surface area contributed by atoms with Crippen LogP contribution in [0.4, 0.5) is 22.0 Å². The summed E-state index contributed by atoms with van der Waals surface area (Å²) in [5.41, 5.74) is 13.7. The molecule has 0 saturated heterocycles. The van der Waals surface area contributed by atoms with Crippen molar-refractivity contribution in [3.8, 4) is 0 Å². The van der Waals surface area contributed by atoms with Gasteiger partial charge in [0, 0.05) is 36.5 Å². The van der Waals surface area contributed by atoms with Crippen molar-refractivity contribution < 1.29 is 22.0 Å². The lowest BCUT2D eigenvalue weighted by atomic mass is 9.99. The summed E-state index contributed by atoms with van der Waals surface area (Å²) in [5, 5.41) is 3.71. The van der Waals surface area contributed by atoms with Gasteiger partial charge in [-0.2, -0.15) is 13.2 Å². The molecule has 0 radical (unpaired) electrons. The minimum absolute atomic E-state index is 0.307. The number of halogens is 5. The van der Waals surface area contributed by atoms with Crippen molar-refractivity contribution in [2.75, 3.05) is 27.2 Å². The maximum atomic E-state index is 12.8. The van der Waals surface area contributed by atoms with Crippen molar-refractivity contribution in [3.63, 3.8) is 0 Å². The number of nitrogens with two attached hydrogens (primary N) is 2. The average molecular weight is 494 g/mol. The van der Waals surface area contributed by atoms with Crippen LogP contribution in [0.5, 0.6) is 0 Å². The molecule has 0 aliphatic carbocycles. The van der Waals surface area contributed by atoms with Crippen molar-refractivity contribution in [3.05, 3.63) is 88.3 Å². The summed E-state index contributed by atoms with van der Waals surface area (Å²) in [6, 6.07) is 11.1. The largest absolute Gasteiger partial charge is 0.433 e. The number of nitrogens with one attached hydrogen (secondary N) is 1. The minimum Gasteiger partial charge on any atom is -0.333 e. The van der Waals surface area contributed by atoms with E-state index in [0.717, 1.165) is 34.7 Å². The van der Waals surface area contributed by atoms with Gasteiger partial charge >= 0.3 is 6.18 Å². The van der Waals surface area contributed by atoms with Gasteiger partial charge in [-0.05, 0) is 56.4 Å². The summed E-state index contributed by atoms with van der Waals surface area (Å²) in [6.07, 6.45) is -3.85. The first kappa shape index (κ1) is 28.0. The van der Waals surface area contributed by atoms with Gasteiger partial charge in [-0.15, -0.1) is 0 Å². The molecule has 35 heavy (non-hydrogen) atoms. The molecule has 2 aromatic carbocycles. The molecule has 0 amide bonds. The number of nitrogens with zero attached hydrogens (tertiary/aromatic N) is 2. The molecule has 1 aromatic heterocycles. The quantitative estimate of drug-likeness (QED) is 0.459. The van der Waals surface area contributed by atoms with Crippen LogP contribution in [-0.4, -0.2) is 37.9 Å². The van der Waals surface area contributed by atoms with Gasteiger partial charge in [-0.25, -0.2) is 13.8 Å². The second-order valence-electron chi connectivity index (χ2n) is 7.48. The van der Waals surface area contributed by atoms with Crippen LogP contribution in [0.2, 0.25) is 0 Å². The normalized spacial score (nSPS) is 13.1. The molecule has 10 heteroatoms. The van der Waals surface area contributed by atoms with E-state index in [0.29, 0.717) is 36.0 Å². The van der Waals surface area contributed by atoms with Crippen LogP contribution in [0.3, 0.4) is 0 Å². The van der Waals surface area contributed by atoms with Crippen LogP contribution in [0.15, 0.2) is 64.8 Å². The lowest BCUT2D eigenvalue weighted by Gasteiger charge is -2.10. The molecule has 1 aliphatic heterocycles. The number of likely N-dealkylation sites (N-methyl/N-ethyl adjacent to an activating group) is 1. The molecule has 0 atom stereocenters. The maximum Gasteiger partial charge on any atom is 0.433 e. The fourth-order valence-corrected chi connectivity index (χ4v) is 3.39. The molecule has 0 saturated carbocycles. The van der Waals surface area contributed by atoms with Gasteiger partial charge in [-0.1, -0.05) is 18.2 Å². The Morgan fingerprint density at radius 3 is 2.31 bits per heavy atom. The fraction of sp³-hybridized carbons (Fsp3) is 0.280. The Labute approximate surface area is 200 Å². The zero-order valence-electron chi connectivity index (χ0n) is 19.7. The van der Waals surface area contributed by atoms with Gasteiger partial charge < -0.3 is 16.8 Å². The molecule has 3 aromatic rings. The Morgan fingerprint density at radius 2 is 1.74 bits per heavy atom. The first-order chi connectivity index (χ1) is 16.6. The Morgan fingerprint density at radius 1 is 1.03 bits per heavy atom. The number of aliphatic imine (C=N–C) groups is 1. The lowest BCUT2D eigenvalue weighted by molar-refractivity contribution is -0.140. The summed E-state index contributed by atoms with van der Waals surface area (Å²) in [5.74, 6) is -1.02. The van der Waals surface area contributed by atoms with Gasteiger partial charge in [0.25, 0.3) is 0 Å². The molecule has 0 spiro atoms. The van der Waals surface area contributed by atoms with E-state index in [9.17, 15) is 22.0 Å². The molecule has 188 valence electrons. The SMILES string of the molecule is CN.CNCC1=C(CN)CC(c2cccc3nc(C(F)(F)F)ccc23)=N1.Cc1ccc(F)cc1F. The van der Waals surface area contributed by atoms with Crippen LogP contribution in [0.1, 0.15) is 23.2 Å². The van der Waals surface area contributed by atoms with Gasteiger partial charge in [0.15, 0.2) is 0 Å². The monoisotopic (exact) mass is 493 g/mol. The summed E-state index contributed by atoms with van der Waals surface area (Å²) < 4.78 is 63.0. The van der Waals surface area contributed by atoms with E-state index < -0.39 is 23.5 Å². The van der Waals surface area contributed by atoms with Crippen molar-refractivity contribution in [2.24, 2.45) is 16.5 Å². The van der Waals surface area contributed by atoms with Crippen LogP contribution in [0, 0.1) is 18.6 Å². The van der Waals surface area contributed by atoms with Crippen LogP contribution in [-0.2, 0) is 6.18 Å². The highest BCUT2D eigenvalue weighted by Gasteiger charge is 2.32. The standard InChI is InChI=1S/C17H17F3N4.C7H6F2.CH5N/c1-22-9-15-10(8-21)7-14(23-15)11-3-2-4-13-12(11)5-6-16(24-13)17(18,19)20;1-5-2-3-6(8)4-7(5)9;1-2/h2-6,22H,7-9,21H2,1H3;2-4H,1H3;2H2,1H3. The van der Waals surface area contributed by atoms with Crippen molar-refractivity contribution >= 4 is 16.6 Å². The zero-order valence-corrected chi connectivity index (χ0v) is 19.7. The lowest BCUT2D eigenvalue weighted by Crippen LogP contribution is -2.12. The Bertz CT molecular complexity index is 1220. The smallest absolute Gasteiger partial charge is 0.333 e. The fourth-order valence-electron chi connectivity index (χ4n) is 3.39. The Kier molecular flexibility index (Phi) is 10.00. The third-order valence-corrected chi connectivity index (χ3v) is 5.12. The molecular formula is C25H28F5N5. The second-order valence-corrected chi connectivity index (χ2v) is 7.48. The molecule has 5 nitrogen and oxygen atoms in total. The van der Waals surface area contributed by atoms with E-state index in [2.05, 4.69) is 21.0 Å². The van der Waals surface area contributed by atoms with E-state index in [1.807, 2.05) is 13.1 Å². The van der Waals surface area contributed by atoms with Gasteiger partial charge in [0.2, 0.25) is 0 Å². The van der Waals surface area contributed by atoms with Crippen LogP contribution in [0.25, 0.3) is 10.9 Å². The number of hydrogen-bond donors (Lipinski definition) is 3. The van der Waals surface area contributed by atoms with E-state index >= 15 is 0 Å². The average Bonchev–Trinajstić information content (AvgIpc) is 3.25. The van der Waals surface area contributed by atoms with E-state index in [-0.39, 0.29) is 0 Å². The van der Waals surface area contributed by atoms with Crippen molar-refractivity contribution in [1.82, 2.24) is 10.3 Å². The first-order valence-corrected chi connectivity index (χ1v) is 10.7. The number of fused-ring (bicyclic) bond motifs is 1. The van der Waals surface area contributed by atoms with E-state index in [4.69, 9.17) is 5.73 Å².